The Morgan fingerprint density at radius 2 is 1.69 bits per heavy atom. The van der Waals surface area contributed by atoms with E-state index >= 15 is 0 Å². The lowest BCUT2D eigenvalue weighted by Crippen LogP contribution is -2.29. The van der Waals surface area contributed by atoms with E-state index in [0.717, 1.165) is 10.5 Å². The summed E-state index contributed by atoms with van der Waals surface area (Å²) >= 11 is 0. The van der Waals surface area contributed by atoms with Gasteiger partial charge in [0.15, 0.2) is 0 Å². The van der Waals surface area contributed by atoms with Crippen LogP contribution in [0, 0.1) is 18.3 Å². The second-order valence-electron chi connectivity index (χ2n) is 6.64. The molecule has 140 valence electrons. The number of hydrogen-bond acceptors (Lipinski definition) is 4. The fourth-order valence-corrected chi connectivity index (χ4v) is 3.28. The average Bonchev–Trinajstić information content (AvgIpc) is 2.98. The van der Waals surface area contributed by atoms with E-state index in [-0.39, 0.29) is 16.7 Å². The van der Waals surface area contributed by atoms with Gasteiger partial charge in [-0.3, -0.25) is 14.4 Å². The SMILES string of the molecule is Cc1ccccc1N1C(=O)c2ccc(C(=O)Nc3cccc(C#N)c3)cc2C1=O. The van der Waals surface area contributed by atoms with Crippen LogP contribution in [0.25, 0.3) is 0 Å². The predicted molar refractivity (Wildman–Crippen MR) is 108 cm³/mol. The summed E-state index contributed by atoms with van der Waals surface area (Å²) in [5.41, 5.74) is 2.93. The zero-order valence-electron chi connectivity index (χ0n) is 15.5. The molecule has 0 radical (unpaired) electrons. The maximum Gasteiger partial charge on any atom is 0.266 e. The Labute approximate surface area is 167 Å². The number of imide groups is 1. The molecule has 3 aromatic rings. The number of nitrogens with one attached hydrogen (secondary N) is 1. The van der Waals surface area contributed by atoms with Crippen molar-refractivity contribution in [3.05, 3.63) is 94.5 Å². The van der Waals surface area contributed by atoms with Crippen LogP contribution in [0.3, 0.4) is 0 Å². The minimum absolute atomic E-state index is 0.191. The first kappa shape index (κ1) is 18.1. The number of nitrogens with zero attached hydrogens (tertiary/aromatic N) is 2. The van der Waals surface area contributed by atoms with Gasteiger partial charge in [-0.2, -0.15) is 5.26 Å². The number of carbonyl (C=O) groups is 3. The Hall–Kier alpha value is -4.24. The van der Waals surface area contributed by atoms with Crippen LogP contribution in [0.4, 0.5) is 11.4 Å². The highest BCUT2D eigenvalue weighted by molar-refractivity contribution is 6.35. The van der Waals surface area contributed by atoms with Crippen LogP contribution >= 0.6 is 0 Å². The Kier molecular flexibility index (Phi) is 4.41. The van der Waals surface area contributed by atoms with Crippen LogP contribution in [-0.4, -0.2) is 17.7 Å². The van der Waals surface area contributed by atoms with E-state index in [1.807, 2.05) is 25.1 Å². The van der Waals surface area contributed by atoms with E-state index < -0.39 is 17.7 Å². The molecule has 0 saturated heterocycles. The van der Waals surface area contributed by atoms with Crippen molar-refractivity contribution in [3.8, 4) is 6.07 Å². The van der Waals surface area contributed by atoms with Crippen LogP contribution in [0.15, 0.2) is 66.7 Å². The number of para-hydroxylation sites is 1. The third-order valence-electron chi connectivity index (χ3n) is 4.75. The van der Waals surface area contributed by atoms with Crippen molar-refractivity contribution in [2.24, 2.45) is 0 Å². The van der Waals surface area contributed by atoms with Crippen molar-refractivity contribution in [1.82, 2.24) is 0 Å². The summed E-state index contributed by atoms with van der Waals surface area (Å²) in [6.45, 7) is 1.83. The van der Waals surface area contributed by atoms with Gasteiger partial charge in [-0.1, -0.05) is 24.3 Å². The van der Waals surface area contributed by atoms with Crippen molar-refractivity contribution in [1.29, 1.82) is 5.26 Å². The second kappa shape index (κ2) is 7.06. The van der Waals surface area contributed by atoms with Crippen molar-refractivity contribution in [2.75, 3.05) is 10.2 Å². The summed E-state index contributed by atoms with van der Waals surface area (Å²) in [6.07, 6.45) is 0. The van der Waals surface area contributed by atoms with E-state index in [1.165, 1.54) is 18.2 Å². The Morgan fingerprint density at radius 3 is 2.45 bits per heavy atom. The normalized spacial score (nSPS) is 12.5. The van der Waals surface area contributed by atoms with Gasteiger partial charge in [-0.15, -0.1) is 0 Å². The van der Waals surface area contributed by atoms with Gasteiger partial charge in [0.2, 0.25) is 0 Å². The number of carbonyl (C=O) groups excluding carboxylic acids is 3. The van der Waals surface area contributed by atoms with Crippen LogP contribution in [0.1, 0.15) is 42.2 Å². The zero-order valence-corrected chi connectivity index (χ0v) is 15.5. The second-order valence-corrected chi connectivity index (χ2v) is 6.64. The van der Waals surface area contributed by atoms with Gasteiger partial charge in [0.05, 0.1) is 28.4 Å². The molecule has 0 bridgehead atoms. The minimum atomic E-state index is -0.458. The van der Waals surface area contributed by atoms with Crippen molar-refractivity contribution in [2.45, 2.75) is 6.92 Å². The van der Waals surface area contributed by atoms with E-state index in [0.29, 0.717) is 16.9 Å². The van der Waals surface area contributed by atoms with Crippen LogP contribution in [0.5, 0.6) is 0 Å². The van der Waals surface area contributed by atoms with Gasteiger partial charge in [-0.25, -0.2) is 4.90 Å². The highest BCUT2D eigenvalue weighted by atomic mass is 16.2. The summed E-state index contributed by atoms with van der Waals surface area (Å²) in [5, 5.41) is 11.7. The van der Waals surface area contributed by atoms with Crippen molar-refractivity contribution in [3.63, 3.8) is 0 Å². The maximum absolute atomic E-state index is 12.9. The Balaban J connectivity index is 1.64. The lowest BCUT2D eigenvalue weighted by Gasteiger charge is -2.16. The zero-order chi connectivity index (χ0) is 20.5. The molecular weight excluding hydrogens is 366 g/mol. The van der Waals surface area contributed by atoms with E-state index in [9.17, 15) is 14.4 Å². The fourth-order valence-electron chi connectivity index (χ4n) is 3.28. The monoisotopic (exact) mass is 381 g/mol. The number of aryl methyl sites for hydroxylation is 1. The van der Waals surface area contributed by atoms with Gasteiger partial charge < -0.3 is 5.32 Å². The summed E-state index contributed by atoms with van der Waals surface area (Å²) in [7, 11) is 0. The molecule has 1 aliphatic heterocycles. The average molecular weight is 381 g/mol. The molecule has 29 heavy (non-hydrogen) atoms. The topological polar surface area (TPSA) is 90.3 Å². The third kappa shape index (κ3) is 3.15. The summed E-state index contributed by atoms with van der Waals surface area (Å²) in [5.74, 6) is -1.30. The van der Waals surface area contributed by atoms with Gasteiger partial charge in [0, 0.05) is 11.3 Å². The molecule has 0 unspecified atom stereocenters. The van der Waals surface area contributed by atoms with Crippen molar-refractivity contribution < 1.29 is 14.4 Å². The number of hydrogen-bond donors (Lipinski definition) is 1. The first-order valence-corrected chi connectivity index (χ1v) is 8.89. The number of anilines is 2. The number of amides is 3. The lowest BCUT2D eigenvalue weighted by molar-refractivity contribution is 0.0925. The molecule has 6 heteroatoms. The van der Waals surface area contributed by atoms with Gasteiger partial charge in [-0.05, 0) is 55.0 Å². The molecule has 0 aliphatic carbocycles. The van der Waals surface area contributed by atoms with Crippen LogP contribution in [0.2, 0.25) is 0 Å². The summed E-state index contributed by atoms with van der Waals surface area (Å²) in [6, 6.07) is 20.1. The first-order valence-electron chi connectivity index (χ1n) is 8.89. The lowest BCUT2D eigenvalue weighted by atomic mass is 10.1. The molecule has 0 spiro atoms. The molecule has 0 aromatic heterocycles. The molecule has 1 N–H and O–H groups in total. The summed E-state index contributed by atoms with van der Waals surface area (Å²) < 4.78 is 0. The minimum Gasteiger partial charge on any atom is -0.322 e. The molecular formula is C23H15N3O3. The van der Waals surface area contributed by atoms with E-state index in [2.05, 4.69) is 5.32 Å². The number of nitriles is 1. The van der Waals surface area contributed by atoms with Gasteiger partial charge >= 0.3 is 0 Å². The summed E-state index contributed by atoms with van der Waals surface area (Å²) in [4.78, 5) is 39.4. The quantitative estimate of drug-likeness (QED) is 0.696. The highest BCUT2D eigenvalue weighted by Crippen LogP contribution is 2.31. The van der Waals surface area contributed by atoms with Gasteiger partial charge in [0.1, 0.15) is 0 Å². The molecule has 0 saturated carbocycles. The third-order valence-corrected chi connectivity index (χ3v) is 4.75. The molecule has 4 rings (SSSR count). The largest absolute Gasteiger partial charge is 0.322 e. The van der Waals surface area contributed by atoms with Gasteiger partial charge in [0.25, 0.3) is 17.7 Å². The number of benzene rings is 3. The first-order chi connectivity index (χ1) is 14.0. The molecule has 1 aliphatic rings. The van der Waals surface area contributed by atoms with Crippen LogP contribution in [-0.2, 0) is 0 Å². The van der Waals surface area contributed by atoms with Crippen LogP contribution < -0.4 is 10.2 Å². The Bertz CT molecular complexity index is 1220. The maximum atomic E-state index is 12.9. The van der Waals surface area contributed by atoms with Crippen molar-refractivity contribution >= 4 is 29.1 Å². The predicted octanol–water partition coefficient (Wildman–Crippen LogP) is 3.92. The number of rotatable bonds is 3. The Morgan fingerprint density at radius 1 is 0.931 bits per heavy atom. The van der Waals surface area contributed by atoms with E-state index in [4.69, 9.17) is 5.26 Å². The molecule has 0 fully saturated rings. The molecule has 3 amide bonds. The highest BCUT2D eigenvalue weighted by Gasteiger charge is 2.37. The fraction of sp³-hybridized carbons (Fsp3) is 0.0435. The smallest absolute Gasteiger partial charge is 0.266 e. The molecule has 0 atom stereocenters. The number of fused-ring (bicyclic) bond motifs is 1. The molecule has 3 aromatic carbocycles. The van der Waals surface area contributed by atoms with E-state index in [1.54, 1.807) is 36.4 Å². The standard InChI is InChI=1S/C23H15N3O3/c1-14-5-2-3-8-20(14)26-22(28)18-10-9-16(12-19(18)23(26)29)21(27)25-17-7-4-6-15(11-17)13-24/h2-12H,1H3,(H,25,27). The molecule has 1 heterocycles. The molecule has 6 nitrogen and oxygen atoms in total.